The van der Waals surface area contributed by atoms with E-state index in [2.05, 4.69) is 0 Å². The summed E-state index contributed by atoms with van der Waals surface area (Å²) in [7, 11) is 0. The maximum Gasteiger partial charge on any atom is 0.189 e. The average Bonchev–Trinajstić information content (AvgIpc) is 2.15. The lowest BCUT2D eigenvalue weighted by Crippen LogP contribution is -2.12. The summed E-state index contributed by atoms with van der Waals surface area (Å²) in [5, 5.41) is 1.33. The quantitative estimate of drug-likeness (QED) is 0.645. The molecule has 1 aromatic carbocycles. The van der Waals surface area contributed by atoms with Gasteiger partial charge < -0.3 is 9.47 Å². The van der Waals surface area contributed by atoms with E-state index >= 15 is 0 Å². The zero-order chi connectivity index (χ0) is 9.42. The van der Waals surface area contributed by atoms with Crippen molar-refractivity contribution in [2.75, 3.05) is 6.79 Å². The molecule has 2 nitrogen and oxygen atoms in total. The Labute approximate surface area is 90.3 Å². The van der Waals surface area contributed by atoms with Gasteiger partial charge in [-0.05, 0) is 6.07 Å². The van der Waals surface area contributed by atoms with Gasteiger partial charge in [0, 0.05) is 5.56 Å². The molecule has 0 spiro atoms. The van der Waals surface area contributed by atoms with Crippen molar-refractivity contribution in [3.05, 3.63) is 26.7 Å². The van der Waals surface area contributed by atoms with Crippen molar-refractivity contribution < 1.29 is 9.47 Å². The highest BCUT2D eigenvalue weighted by atomic mass is 35.5. The first kappa shape index (κ1) is 9.41. The lowest BCUT2D eigenvalue weighted by molar-refractivity contribution is -0.0162. The van der Waals surface area contributed by atoms with Crippen molar-refractivity contribution >= 4 is 34.8 Å². The van der Waals surface area contributed by atoms with Crippen molar-refractivity contribution in [2.24, 2.45) is 0 Å². The van der Waals surface area contributed by atoms with E-state index in [4.69, 9.17) is 44.3 Å². The minimum Gasteiger partial charge on any atom is -0.466 e. The van der Waals surface area contributed by atoms with Gasteiger partial charge in [0.1, 0.15) is 5.75 Å². The van der Waals surface area contributed by atoms with Crippen LogP contribution < -0.4 is 4.74 Å². The summed E-state index contributed by atoms with van der Waals surface area (Å²) in [5.74, 6) is 0.572. The second-order valence-electron chi connectivity index (χ2n) is 2.57. The van der Waals surface area contributed by atoms with Gasteiger partial charge in [0.2, 0.25) is 0 Å². The van der Waals surface area contributed by atoms with Gasteiger partial charge >= 0.3 is 0 Å². The van der Waals surface area contributed by atoms with E-state index < -0.39 is 0 Å². The molecule has 0 saturated carbocycles. The van der Waals surface area contributed by atoms with Crippen LogP contribution in [0.2, 0.25) is 15.1 Å². The number of fused-ring (bicyclic) bond motifs is 1. The number of benzene rings is 1. The predicted octanol–water partition coefficient (Wildman–Crippen LogP) is 3.51. The summed E-state index contributed by atoms with van der Waals surface area (Å²) in [6.07, 6.45) is 0. The van der Waals surface area contributed by atoms with Gasteiger partial charge in [0.15, 0.2) is 6.79 Å². The third-order valence-electron chi connectivity index (χ3n) is 1.75. The lowest BCUT2D eigenvalue weighted by atomic mass is 10.2. The van der Waals surface area contributed by atoms with Gasteiger partial charge in [-0.2, -0.15) is 0 Å². The standard InChI is InChI=1S/C8H5Cl3O2/c9-5-1-6(10)8-4(7(5)11)2-12-3-13-8/h1H,2-3H2. The number of hydrogen-bond acceptors (Lipinski definition) is 2. The molecule has 0 amide bonds. The molecule has 1 aliphatic rings. The topological polar surface area (TPSA) is 18.5 Å². The van der Waals surface area contributed by atoms with Crippen LogP contribution in [0.5, 0.6) is 5.75 Å². The summed E-state index contributed by atoms with van der Waals surface area (Å²) in [4.78, 5) is 0. The Morgan fingerprint density at radius 2 is 1.92 bits per heavy atom. The van der Waals surface area contributed by atoms with Gasteiger partial charge in [-0.15, -0.1) is 0 Å². The molecule has 0 aromatic heterocycles. The molecule has 0 fully saturated rings. The van der Waals surface area contributed by atoms with Crippen LogP contribution in [0.15, 0.2) is 6.07 Å². The first-order chi connectivity index (χ1) is 6.20. The molecule has 1 aromatic rings. The molecule has 1 heterocycles. The zero-order valence-corrected chi connectivity index (χ0v) is 8.71. The molecular weight excluding hydrogens is 234 g/mol. The number of rotatable bonds is 0. The Hall–Kier alpha value is -0.150. The van der Waals surface area contributed by atoms with Crippen LogP contribution in [-0.2, 0) is 11.3 Å². The molecule has 0 radical (unpaired) electrons. The normalized spacial score (nSPS) is 15.0. The fourth-order valence-corrected chi connectivity index (χ4v) is 1.91. The second-order valence-corrected chi connectivity index (χ2v) is 3.76. The Kier molecular flexibility index (Phi) is 2.56. The van der Waals surface area contributed by atoms with Crippen molar-refractivity contribution in [3.8, 4) is 5.75 Å². The fraction of sp³-hybridized carbons (Fsp3) is 0.250. The Morgan fingerprint density at radius 1 is 1.15 bits per heavy atom. The molecule has 1 aliphatic heterocycles. The minimum absolute atomic E-state index is 0.199. The lowest BCUT2D eigenvalue weighted by Gasteiger charge is -2.20. The van der Waals surface area contributed by atoms with E-state index in [1.807, 2.05) is 0 Å². The molecular formula is C8H5Cl3O2. The fourth-order valence-electron chi connectivity index (χ4n) is 1.16. The van der Waals surface area contributed by atoms with E-state index in [0.29, 0.717) is 33.0 Å². The largest absolute Gasteiger partial charge is 0.466 e. The summed E-state index contributed by atoms with van der Waals surface area (Å²) in [6.45, 7) is 0.582. The van der Waals surface area contributed by atoms with Crippen LogP contribution in [-0.4, -0.2) is 6.79 Å². The van der Waals surface area contributed by atoms with Gasteiger partial charge in [0.25, 0.3) is 0 Å². The summed E-state index contributed by atoms with van der Waals surface area (Å²) < 4.78 is 10.3. The number of ether oxygens (including phenoxy) is 2. The van der Waals surface area contributed by atoms with Crippen LogP contribution in [0.25, 0.3) is 0 Å². The molecule has 70 valence electrons. The molecule has 0 saturated heterocycles. The van der Waals surface area contributed by atoms with Gasteiger partial charge in [-0.25, -0.2) is 0 Å². The van der Waals surface area contributed by atoms with Crippen molar-refractivity contribution in [2.45, 2.75) is 6.61 Å². The van der Waals surface area contributed by atoms with E-state index in [1.54, 1.807) is 6.07 Å². The molecule has 0 unspecified atom stereocenters. The molecule has 0 bridgehead atoms. The molecule has 13 heavy (non-hydrogen) atoms. The van der Waals surface area contributed by atoms with E-state index in [9.17, 15) is 0 Å². The van der Waals surface area contributed by atoms with E-state index in [0.717, 1.165) is 0 Å². The van der Waals surface area contributed by atoms with Gasteiger partial charge in [-0.3, -0.25) is 0 Å². The monoisotopic (exact) mass is 238 g/mol. The summed E-state index contributed by atoms with van der Waals surface area (Å²) in [6, 6.07) is 1.57. The predicted molar refractivity (Wildman–Crippen MR) is 51.8 cm³/mol. The second kappa shape index (κ2) is 3.54. The Balaban J connectivity index is 2.63. The smallest absolute Gasteiger partial charge is 0.189 e. The maximum atomic E-state index is 5.93. The van der Waals surface area contributed by atoms with Gasteiger partial charge in [-0.1, -0.05) is 34.8 Å². The van der Waals surface area contributed by atoms with Crippen molar-refractivity contribution in [1.29, 1.82) is 0 Å². The maximum absolute atomic E-state index is 5.93. The molecule has 0 aliphatic carbocycles. The van der Waals surface area contributed by atoms with Gasteiger partial charge in [0.05, 0.1) is 21.7 Å². The highest BCUT2D eigenvalue weighted by Crippen LogP contribution is 2.40. The average molecular weight is 239 g/mol. The summed E-state index contributed by atoms with van der Waals surface area (Å²) >= 11 is 17.7. The van der Waals surface area contributed by atoms with Crippen LogP contribution in [0.3, 0.4) is 0 Å². The minimum atomic E-state index is 0.199. The molecule has 0 atom stereocenters. The molecule has 0 N–H and O–H groups in total. The Bertz CT molecular complexity index is 352. The third-order valence-corrected chi connectivity index (χ3v) is 2.86. The molecule has 2 rings (SSSR count). The highest BCUT2D eigenvalue weighted by molar-refractivity contribution is 6.44. The number of hydrogen-bond donors (Lipinski definition) is 0. The SMILES string of the molecule is Clc1cc(Cl)c2c(c1Cl)COCO2. The van der Waals surface area contributed by atoms with E-state index in [-0.39, 0.29) is 6.79 Å². The Morgan fingerprint density at radius 3 is 2.69 bits per heavy atom. The highest BCUT2D eigenvalue weighted by Gasteiger charge is 2.19. The van der Waals surface area contributed by atoms with Crippen molar-refractivity contribution in [1.82, 2.24) is 0 Å². The van der Waals surface area contributed by atoms with Crippen molar-refractivity contribution in [3.63, 3.8) is 0 Å². The zero-order valence-electron chi connectivity index (χ0n) is 6.44. The molecule has 5 heteroatoms. The number of halogens is 3. The first-order valence-corrected chi connectivity index (χ1v) is 4.70. The van der Waals surface area contributed by atoms with Crippen LogP contribution in [0.4, 0.5) is 0 Å². The van der Waals surface area contributed by atoms with E-state index in [1.165, 1.54) is 0 Å². The first-order valence-electron chi connectivity index (χ1n) is 3.57. The van der Waals surface area contributed by atoms with Crippen LogP contribution in [0.1, 0.15) is 5.56 Å². The van der Waals surface area contributed by atoms with Crippen LogP contribution >= 0.6 is 34.8 Å². The van der Waals surface area contributed by atoms with Crippen LogP contribution in [0, 0.1) is 0 Å². The summed E-state index contributed by atoms with van der Waals surface area (Å²) in [5.41, 5.74) is 0.713. The third kappa shape index (κ3) is 1.59.